The Kier molecular flexibility index (Phi) is 4.09. The lowest BCUT2D eigenvalue weighted by atomic mass is 10.0. The van der Waals surface area contributed by atoms with E-state index in [0.29, 0.717) is 17.9 Å². The number of rotatable bonds is 5. The van der Waals surface area contributed by atoms with Crippen LogP contribution in [0.25, 0.3) is 10.1 Å². The van der Waals surface area contributed by atoms with Gasteiger partial charge < -0.3 is 4.74 Å². The fraction of sp³-hybridized carbons (Fsp3) is 0.357. The molecule has 0 bridgehead atoms. The number of methoxy groups -OCH3 is 1. The Bertz CT molecular complexity index is 562. The molecule has 0 aliphatic heterocycles. The summed E-state index contributed by atoms with van der Waals surface area (Å²) in [5, 5.41) is 0.794. The number of Topliss-reactive ketones (excluding diaryl/α,β-unsaturated/α-hetero) is 1. The Labute approximate surface area is 109 Å². The van der Waals surface area contributed by atoms with Crippen LogP contribution in [0.3, 0.4) is 0 Å². The second kappa shape index (κ2) is 5.59. The molecule has 0 aliphatic rings. The second-order valence-corrected chi connectivity index (χ2v) is 5.42. The number of halogens is 1. The van der Waals surface area contributed by atoms with Crippen molar-refractivity contribution < 1.29 is 13.9 Å². The molecule has 0 saturated carbocycles. The number of hydrogen-bond donors (Lipinski definition) is 0. The predicted molar refractivity (Wildman–Crippen MR) is 71.8 cm³/mol. The molecule has 96 valence electrons. The minimum Gasteiger partial charge on any atom is -0.385 e. The highest BCUT2D eigenvalue weighted by atomic mass is 32.1. The van der Waals surface area contributed by atoms with E-state index >= 15 is 0 Å². The summed E-state index contributed by atoms with van der Waals surface area (Å²) >= 11 is 1.42. The molecule has 0 radical (unpaired) electrons. The Hall–Kier alpha value is -1.26. The summed E-state index contributed by atoms with van der Waals surface area (Å²) in [6, 6.07) is 6.37. The number of thiophene rings is 1. The van der Waals surface area contributed by atoms with Crippen molar-refractivity contribution in [2.45, 2.75) is 13.3 Å². The van der Waals surface area contributed by atoms with Crippen molar-refractivity contribution in [2.75, 3.05) is 13.7 Å². The van der Waals surface area contributed by atoms with Crippen LogP contribution in [-0.2, 0) is 4.74 Å². The van der Waals surface area contributed by atoms with Gasteiger partial charge in [-0.15, -0.1) is 11.3 Å². The van der Waals surface area contributed by atoms with Gasteiger partial charge in [-0.05, 0) is 36.1 Å². The normalized spacial score (nSPS) is 12.8. The van der Waals surface area contributed by atoms with Crippen molar-refractivity contribution in [3.05, 3.63) is 35.0 Å². The summed E-state index contributed by atoms with van der Waals surface area (Å²) in [5.41, 5.74) is 0. The number of ether oxygens (including phenoxy) is 1. The van der Waals surface area contributed by atoms with E-state index in [4.69, 9.17) is 4.74 Å². The molecule has 0 spiro atoms. The number of ketones is 1. The van der Waals surface area contributed by atoms with Crippen LogP contribution in [0.4, 0.5) is 4.39 Å². The Morgan fingerprint density at radius 1 is 1.44 bits per heavy atom. The largest absolute Gasteiger partial charge is 0.385 e. The summed E-state index contributed by atoms with van der Waals surface area (Å²) in [4.78, 5) is 12.9. The molecule has 1 aromatic heterocycles. The van der Waals surface area contributed by atoms with Crippen molar-refractivity contribution in [2.24, 2.45) is 5.92 Å². The van der Waals surface area contributed by atoms with Crippen LogP contribution in [0.5, 0.6) is 0 Å². The molecule has 0 amide bonds. The third-order valence-electron chi connectivity index (χ3n) is 2.92. The maximum absolute atomic E-state index is 13.1. The zero-order chi connectivity index (χ0) is 13.1. The maximum atomic E-state index is 13.1. The fourth-order valence-electron chi connectivity index (χ4n) is 1.80. The lowest BCUT2D eigenvalue weighted by Gasteiger charge is -2.07. The zero-order valence-corrected chi connectivity index (χ0v) is 11.2. The molecule has 0 N–H and O–H groups in total. The first-order chi connectivity index (χ1) is 8.61. The first kappa shape index (κ1) is 13.2. The zero-order valence-electron chi connectivity index (χ0n) is 10.4. The van der Waals surface area contributed by atoms with Gasteiger partial charge in [-0.25, -0.2) is 4.39 Å². The summed E-state index contributed by atoms with van der Waals surface area (Å²) in [6.45, 7) is 2.47. The minimum atomic E-state index is -0.272. The summed E-state index contributed by atoms with van der Waals surface area (Å²) in [5.74, 6) is -0.233. The Morgan fingerprint density at radius 2 is 2.22 bits per heavy atom. The number of fused-ring (bicyclic) bond motifs is 1. The first-order valence-electron chi connectivity index (χ1n) is 5.84. The van der Waals surface area contributed by atoms with E-state index in [1.165, 1.54) is 23.5 Å². The van der Waals surface area contributed by atoms with Crippen LogP contribution in [0.15, 0.2) is 24.3 Å². The average molecular weight is 266 g/mol. The smallest absolute Gasteiger partial charge is 0.175 e. The van der Waals surface area contributed by atoms with Crippen LogP contribution in [0.2, 0.25) is 0 Å². The van der Waals surface area contributed by atoms with Crippen LogP contribution >= 0.6 is 11.3 Å². The fourth-order valence-corrected chi connectivity index (χ4v) is 2.90. The average Bonchev–Trinajstić information content (AvgIpc) is 2.77. The van der Waals surface area contributed by atoms with Crippen LogP contribution in [0.1, 0.15) is 23.0 Å². The molecule has 18 heavy (non-hydrogen) atoms. The third kappa shape index (κ3) is 2.76. The van der Waals surface area contributed by atoms with E-state index < -0.39 is 0 Å². The maximum Gasteiger partial charge on any atom is 0.175 e. The van der Waals surface area contributed by atoms with Crippen molar-refractivity contribution in [3.8, 4) is 0 Å². The molecule has 1 atom stereocenters. The molecule has 1 aromatic carbocycles. The van der Waals surface area contributed by atoms with E-state index in [2.05, 4.69) is 0 Å². The number of carbonyl (C=O) groups excluding carboxylic acids is 1. The lowest BCUT2D eigenvalue weighted by molar-refractivity contribution is 0.0898. The van der Waals surface area contributed by atoms with E-state index in [1.54, 1.807) is 19.2 Å². The predicted octanol–water partition coefficient (Wildman–Crippen LogP) is 3.90. The van der Waals surface area contributed by atoms with E-state index in [9.17, 15) is 9.18 Å². The van der Waals surface area contributed by atoms with Gasteiger partial charge in [0.15, 0.2) is 5.78 Å². The van der Waals surface area contributed by atoms with Gasteiger partial charge in [-0.1, -0.05) is 6.92 Å². The highest BCUT2D eigenvalue weighted by Gasteiger charge is 2.17. The monoisotopic (exact) mass is 266 g/mol. The van der Waals surface area contributed by atoms with Gasteiger partial charge in [0.25, 0.3) is 0 Å². The minimum absolute atomic E-state index is 0.0668. The number of benzene rings is 1. The first-order valence-corrected chi connectivity index (χ1v) is 6.65. The summed E-state index contributed by atoms with van der Waals surface area (Å²) < 4.78 is 19.0. The number of hydrogen-bond acceptors (Lipinski definition) is 3. The van der Waals surface area contributed by atoms with Crippen LogP contribution in [-0.4, -0.2) is 19.5 Å². The molecule has 2 aromatic rings. The quantitative estimate of drug-likeness (QED) is 0.767. The second-order valence-electron chi connectivity index (χ2n) is 4.34. The van der Waals surface area contributed by atoms with Gasteiger partial charge in [-0.3, -0.25) is 4.79 Å². The van der Waals surface area contributed by atoms with E-state index in [-0.39, 0.29) is 17.5 Å². The molecule has 0 aliphatic carbocycles. The highest BCUT2D eigenvalue weighted by molar-refractivity contribution is 7.20. The topological polar surface area (TPSA) is 26.3 Å². The van der Waals surface area contributed by atoms with Crippen molar-refractivity contribution in [1.82, 2.24) is 0 Å². The SMILES string of the molecule is COCCC(C)C(=O)c1cc2cc(F)ccc2s1. The van der Waals surface area contributed by atoms with Gasteiger partial charge in [0.2, 0.25) is 0 Å². The lowest BCUT2D eigenvalue weighted by Crippen LogP contribution is -2.11. The molecular formula is C14H15FO2S. The van der Waals surface area contributed by atoms with Crippen LogP contribution in [0, 0.1) is 11.7 Å². The molecular weight excluding hydrogens is 251 g/mol. The van der Waals surface area contributed by atoms with Gasteiger partial charge in [-0.2, -0.15) is 0 Å². The molecule has 1 heterocycles. The van der Waals surface area contributed by atoms with Crippen LogP contribution < -0.4 is 0 Å². The Morgan fingerprint density at radius 3 is 2.94 bits per heavy atom. The molecule has 0 fully saturated rings. The van der Waals surface area contributed by atoms with Gasteiger partial charge >= 0.3 is 0 Å². The van der Waals surface area contributed by atoms with E-state index in [0.717, 1.165) is 10.1 Å². The Balaban J connectivity index is 2.22. The van der Waals surface area contributed by atoms with Crippen molar-refractivity contribution in [1.29, 1.82) is 0 Å². The highest BCUT2D eigenvalue weighted by Crippen LogP contribution is 2.28. The van der Waals surface area contributed by atoms with Gasteiger partial charge in [0, 0.05) is 24.3 Å². The van der Waals surface area contributed by atoms with Gasteiger partial charge in [0.1, 0.15) is 5.82 Å². The molecule has 0 saturated heterocycles. The van der Waals surface area contributed by atoms with Gasteiger partial charge in [0.05, 0.1) is 4.88 Å². The van der Waals surface area contributed by atoms with E-state index in [1.807, 2.05) is 6.92 Å². The summed E-state index contributed by atoms with van der Waals surface area (Å²) in [6.07, 6.45) is 0.706. The molecule has 2 rings (SSSR count). The summed E-state index contributed by atoms with van der Waals surface area (Å²) in [7, 11) is 1.62. The van der Waals surface area contributed by atoms with Crippen molar-refractivity contribution >= 4 is 27.2 Å². The number of carbonyl (C=O) groups is 1. The molecule has 2 nitrogen and oxygen atoms in total. The molecule has 1 unspecified atom stereocenters. The standard InChI is InChI=1S/C14H15FO2S/c1-9(5-6-17-2)14(16)13-8-10-7-11(15)3-4-12(10)18-13/h3-4,7-9H,5-6H2,1-2H3. The molecule has 4 heteroatoms. The third-order valence-corrected chi connectivity index (χ3v) is 4.05. The van der Waals surface area contributed by atoms with Crippen molar-refractivity contribution in [3.63, 3.8) is 0 Å².